The van der Waals surface area contributed by atoms with Crippen LogP contribution in [0.25, 0.3) is 11.1 Å². The molecule has 1 nitrogen and oxygen atoms in total. The second-order valence-corrected chi connectivity index (χ2v) is 4.48. The van der Waals surface area contributed by atoms with Gasteiger partial charge in [-0.3, -0.25) is 0 Å². The fourth-order valence-corrected chi connectivity index (χ4v) is 2.29. The lowest BCUT2D eigenvalue weighted by Gasteiger charge is -2.13. The van der Waals surface area contributed by atoms with Crippen LogP contribution in [0.4, 0.5) is 0 Å². The number of phenols is 1. The van der Waals surface area contributed by atoms with Crippen molar-refractivity contribution in [3.05, 3.63) is 53.1 Å². The van der Waals surface area contributed by atoms with Crippen LogP contribution < -0.4 is 0 Å². The average Bonchev–Trinajstić information content (AvgIpc) is 2.32. The largest absolute Gasteiger partial charge is 0.507 e. The lowest BCUT2D eigenvalue weighted by atomic mass is 9.93. The predicted octanol–water partition coefficient (Wildman–Crippen LogP) is 4.24. The highest BCUT2D eigenvalue weighted by Crippen LogP contribution is 2.33. The van der Waals surface area contributed by atoms with Crippen LogP contribution in [-0.4, -0.2) is 5.11 Å². The van der Waals surface area contributed by atoms with Gasteiger partial charge in [0.25, 0.3) is 0 Å². The average molecular weight is 226 g/mol. The molecule has 0 saturated carbocycles. The number of aryl methyl sites for hydroxylation is 2. The zero-order valence-corrected chi connectivity index (χ0v) is 10.6. The molecular formula is C16H18O. The summed E-state index contributed by atoms with van der Waals surface area (Å²) in [5, 5.41) is 10.00. The molecule has 1 N–H and O–H groups in total. The zero-order valence-electron chi connectivity index (χ0n) is 10.6. The first-order chi connectivity index (χ1) is 8.13. The minimum absolute atomic E-state index is 0.357. The molecule has 0 heterocycles. The smallest absolute Gasteiger partial charge is 0.123 e. The molecule has 17 heavy (non-hydrogen) atoms. The number of rotatable bonds is 2. The molecule has 2 rings (SSSR count). The van der Waals surface area contributed by atoms with E-state index >= 15 is 0 Å². The van der Waals surface area contributed by atoms with Gasteiger partial charge in [0.15, 0.2) is 0 Å². The van der Waals surface area contributed by atoms with E-state index in [0.717, 1.165) is 17.5 Å². The Kier molecular flexibility index (Phi) is 3.19. The molecule has 0 atom stereocenters. The highest BCUT2D eigenvalue weighted by molar-refractivity contribution is 5.74. The molecule has 0 aromatic heterocycles. The maximum atomic E-state index is 10.00. The van der Waals surface area contributed by atoms with Crippen LogP contribution in [0.1, 0.15) is 23.6 Å². The van der Waals surface area contributed by atoms with Crippen molar-refractivity contribution in [2.75, 3.05) is 0 Å². The Hall–Kier alpha value is -1.76. The number of aromatic hydroxyl groups is 1. The van der Waals surface area contributed by atoms with E-state index in [1.807, 2.05) is 25.1 Å². The molecule has 0 radical (unpaired) electrons. The summed E-state index contributed by atoms with van der Waals surface area (Å²) in [4.78, 5) is 0. The summed E-state index contributed by atoms with van der Waals surface area (Å²) in [6.45, 7) is 6.32. The Morgan fingerprint density at radius 2 is 1.76 bits per heavy atom. The minimum Gasteiger partial charge on any atom is -0.507 e. The van der Waals surface area contributed by atoms with E-state index in [2.05, 4.69) is 26.0 Å². The van der Waals surface area contributed by atoms with E-state index in [9.17, 15) is 5.11 Å². The number of phenolic OH excluding ortho intramolecular Hbond substituents is 1. The van der Waals surface area contributed by atoms with Crippen LogP contribution in [0.2, 0.25) is 0 Å². The SMILES string of the molecule is CCc1c(C)cccc1-c1cc(C)ccc1O. The second kappa shape index (κ2) is 4.62. The summed E-state index contributed by atoms with van der Waals surface area (Å²) in [7, 11) is 0. The van der Waals surface area contributed by atoms with E-state index in [0.29, 0.717) is 5.75 Å². The van der Waals surface area contributed by atoms with Crippen LogP contribution in [0.15, 0.2) is 36.4 Å². The molecule has 0 aliphatic heterocycles. The van der Waals surface area contributed by atoms with Crippen molar-refractivity contribution in [1.29, 1.82) is 0 Å². The van der Waals surface area contributed by atoms with Gasteiger partial charge in [0.05, 0.1) is 0 Å². The zero-order chi connectivity index (χ0) is 12.4. The molecule has 1 heteroatoms. The van der Waals surface area contributed by atoms with Crippen molar-refractivity contribution in [2.24, 2.45) is 0 Å². The van der Waals surface area contributed by atoms with Gasteiger partial charge in [-0.25, -0.2) is 0 Å². The van der Waals surface area contributed by atoms with Crippen LogP contribution in [0, 0.1) is 13.8 Å². The monoisotopic (exact) mass is 226 g/mol. The molecule has 0 spiro atoms. The topological polar surface area (TPSA) is 20.2 Å². The highest BCUT2D eigenvalue weighted by Gasteiger charge is 2.09. The van der Waals surface area contributed by atoms with E-state index in [1.165, 1.54) is 16.7 Å². The van der Waals surface area contributed by atoms with Crippen LogP contribution in [0.3, 0.4) is 0 Å². The van der Waals surface area contributed by atoms with E-state index in [-0.39, 0.29) is 0 Å². The normalized spacial score (nSPS) is 10.5. The van der Waals surface area contributed by atoms with Crippen molar-refractivity contribution in [3.8, 4) is 16.9 Å². The number of benzene rings is 2. The van der Waals surface area contributed by atoms with Crippen LogP contribution in [-0.2, 0) is 6.42 Å². The second-order valence-electron chi connectivity index (χ2n) is 4.48. The van der Waals surface area contributed by atoms with Crippen LogP contribution in [0.5, 0.6) is 5.75 Å². The van der Waals surface area contributed by atoms with Gasteiger partial charge in [-0.2, -0.15) is 0 Å². The molecule has 0 saturated heterocycles. The molecule has 0 aliphatic carbocycles. The maximum absolute atomic E-state index is 10.00. The lowest BCUT2D eigenvalue weighted by molar-refractivity contribution is 0.477. The van der Waals surface area contributed by atoms with Gasteiger partial charge in [0.2, 0.25) is 0 Å². The quantitative estimate of drug-likeness (QED) is 0.812. The standard InChI is InChI=1S/C16H18O/c1-4-13-12(3)6-5-7-14(13)15-10-11(2)8-9-16(15)17/h5-10,17H,4H2,1-3H3. The van der Waals surface area contributed by atoms with Gasteiger partial charge in [-0.1, -0.05) is 36.8 Å². The Labute approximate surface area is 103 Å². The Morgan fingerprint density at radius 1 is 1.00 bits per heavy atom. The maximum Gasteiger partial charge on any atom is 0.123 e. The number of hydrogen-bond acceptors (Lipinski definition) is 1. The van der Waals surface area contributed by atoms with Crippen molar-refractivity contribution < 1.29 is 5.11 Å². The molecule has 2 aromatic rings. The molecule has 0 fully saturated rings. The Balaban J connectivity index is 2.68. The number of hydrogen-bond donors (Lipinski definition) is 1. The molecular weight excluding hydrogens is 208 g/mol. The Bertz CT molecular complexity index is 541. The first-order valence-electron chi connectivity index (χ1n) is 6.02. The minimum atomic E-state index is 0.357. The molecule has 88 valence electrons. The van der Waals surface area contributed by atoms with Gasteiger partial charge in [-0.15, -0.1) is 0 Å². The first kappa shape index (κ1) is 11.7. The Morgan fingerprint density at radius 3 is 2.47 bits per heavy atom. The third-order valence-electron chi connectivity index (χ3n) is 3.21. The van der Waals surface area contributed by atoms with Gasteiger partial charge >= 0.3 is 0 Å². The molecule has 0 aliphatic rings. The molecule has 2 aromatic carbocycles. The molecule has 0 unspecified atom stereocenters. The van der Waals surface area contributed by atoms with Gasteiger partial charge < -0.3 is 5.11 Å². The van der Waals surface area contributed by atoms with Crippen molar-refractivity contribution in [3.63, 3.8) is 0 Å². The van der Waals surface area contributed by atoms with E-state index in [1.54, 1.807) is 6.07 Å². The fourth-order valence-electron chi connectivity index (χ4n) is 2.29. The summed E-state index contributed by atoms with van der Waals surface area (Å²) >= 11 is 0. The molecule has 0 bridgehead atoms. The van der Waals surface area contributed by atoms with Crippen LogP contribution >= 0.6 is 0 Å². The lowest BCUT2D eigenvalue weighted by Crippen LogP contribution is -1.92. The summed E-state index contributed by atoms with van der Waals surface area (Å²) < 4.78 is 0. The van der Waals surface area contributed by atoms with Gasteiger partial charge in [0, 0.05) is 5.56 Å². The highest BCUT2D eigenvalue weighted by atomic mass is 16.3. The van der Waals surface area contributed by atoms with Crippen molar-refractivity contribution >= 4 is 0 Å². The third-order valence-corrected chi connectivity index (χ3v) is 3.21. The predicted molar refractivity (Wildman–Crippen MR) is 72.4 cm³/mol. The first-order valence-corrected chi connectivity index (χ1v) is 6.02. The third kappa shape index (κ3) is 2.19. The van der Waals surface area contributed by atoms with Gasteiger partial charge in [-0.05, 0) is 49.1 Å². The summed E-state index contributed by atoms with van der Waals surface area (Å²) in [5.74, 6) is 0.357. The fraction of sp³-hybridized carbons (Fsp3) is 0.250. The summed E-state index contributed by atoms with van der Waals surface area (Å²) in [6, 6.07) is 12.0. The van der Waals surface area contributed by atoms with E-state index < -0.39 is 0 Å². The summed E-state index contributed by atoms with van der Waals surface area (Å²) in [5.41, 5.74) is 5.85. The van der Waals surface area contributed by atoms with E-state index in [4.69, 9.17) is 0 Å². The molecule has 0 amide bonds. The van der Waals surface area contributed by atoms with Crippen molar-refractivity contribution in [2.45, 2.75) is 27.2 Å². The van der Waals surface area contributed by atoms with Gasteiger partial charge in [0.1, 0.15) is 5.75 Å². The summed E-state index contributed by atoms with van der Waals surface area (Å²) in [6.07, 6.45) is 0.982. The van der Waals surface area contributed by atoms with Crippen molar-refractivity contribution in [1.82, 2.24) is 0 Å².